The van der Waals surface area contributed by atoms with Gasteiger partial charge in [0.1, 0.15) is 6.61 Å². The smallest absolute Gasteiger partial charge is 0.253 e. The van der Waals surface area contributed by atoms with E-state index in [4.69, 9.17) is 16.7 Å². The summed E-state index contributed by atoms with van der Waals surface area (Å²) in [6, 6.07) is 14.4. The first-order chi connectivity index (χ1) is 10.2. The van der Waals surface area contributed by atoms with Crippen molar-refractivity contribution >= 4 is 17.5 Å². The Morgan fingerprint density at radius 3 is 2.76 bits per heavy atom. The van der Waals surface area contributed by atoms with E-state index in [0.717, 1.165) is 11.1 Å². The van der Waals surface area contributed by atoms with Crippen LogP contribution >= 0.6 is 11.6 Å². The van der Waals surface area contributed by atoms with Crippen molar-refractivity contribution in [3.05, 3.63) is 70.2 Å². The van der Waals surface area contributed by atoms with Crippen molar-refractivity contribution in [3.8, 4) is 11.8 Å². The van der Waals surface area contributed by atoms with Crippen LogP contribution in [-0.2, 0) is 6.54 Å². The minimum atomic E-state index is -0.215. The van der Waals surface area contributed by atoms with Gasteiger partial charge in [0.2, 0.25) is 0 Å². The van der Waals surface area contributed by atoms with Gasteiger partial charge in [0.05, 0.1) is 10.6 Å². The lowest BCUT2D eigenvalue weighted by Gasteiger charge is -2.07. The Hall–Kier alpha value is -2.28. The highest BCUT2D eigenvalue weighted by Crippen LogP contribution is 2.14. The summed E-state index contributed by atoms with van der Waals surface area (Å²) in [4.78, 5) is 12.0. The number of hydrogen-bond acceptors (Lipinski definition) is 2. The lowest BCUT2D eigenvalue weighted by atomic mass is 10.1. The van der Waals surface area contributed by atoms with E-state index in [0.29, 0.717) is 17.1 Å². The van der Waals surface area contributed by atoms with Gasteiger partial charge in [0.15, 0.2) is 0 Å². The molecule has 2 N–H and O–H groups in total. The van der Waals surface area contributed by atoms with Crippen LogP contribution in [0, 0.1) is 11.8 Å². The van der Waals surface area contributed by atoms with E-state index >= 15 is 0 Å². The number of halogens is 1. The van der Waals surface area contributed by atoms with Gasteiger partial charge < -0.3 is 10.4 Å². The lowest BCUT2D eigenvalue weighted by Crippen LogP contribution is -2.23. The molecule has 21 heavy (non-hydrogen) atoms. The molecule has 0 bridgehead atoms. The summed E-state index contributed by atoms with van der Waals surface area (Å²) < 4.78 is 0. The molecule has 0 atom stereocenters. The van der Waals surface area contributed by atoms with Crippen molar-refractivity contribution in [1.82, 2.24) is 5.32 Å². The second-order valence-corrected chi connectivity index (χ2v) is 4.73. The van der Waals surface area contributed by atoms with E-state index in [1.807, 2.05) is 24.3 Å². The highest BCUT2D eigenvalue weighted by atomic mass is 35.5. The first-order valence-electron chi connectivity index (χ1n) is 6.42. The maximum Gasteiger partial charge on any atom is 0.253 e. The predicted molar refractivity (Wildman–Crippen MR) is 83.0 cm³/mol. The van der Waals surface area contributed by atoms with E-state index in [1.165, 1.54) is 0 Å². The summed E-state index contributed by atoms with van der Waals surface area (Å²) in [6.07, 6.45) is 0. The van der Waals surface area contributed by atoms with E-state index in [2.05, 4.69) is 17.2 Å². The van der Waals surface area contributed by atoms with E-state index < -0.39 is 0 Å². The number of aliphatic hydroxyl groups is 1. The molecule has 0 saturated heterocycles. The maximum absolute atomic E-state index is 12.0. The highest BCUT2D eigenvalue weighted by Gasteiger charge is 2.08. The molecule has 2 aromatic carbocycles. The van der Waals surface area contributed by atoms with E-state index in [-0.39, 0.29) is 12.5 Å². The summed E-state index contributed by atoms with van der Waals surface area (Å²) in [5.74, 6) is 5.20. The Labute approximate surface area is 128 Å². The summed E-state index contributed by atoms with van der Waals surface area (Å²) in [5, 5.41) is 11.9. The molecule has 2 aromatic rings. The van der Waals surface area contributed by atoms with Gasteiger partial charge in [-0.05, 0) is 29.8 Å². The molecule has 0 saturated carbocycles. The third-order valence-corrected chi connectivity index (χ3v) is 3.14. The Bertz CT molecular complexity index is 701. The van der Waals surface area contributed by atoms with E-state index in [1.54, 1.807) is 24.3 Å². The topological polar surface area (TPSA) is 49.3 Å². The predicted octanol–water partition coefficient (Wildman–Crippen LogP) is 2.61. The van der Waals surface area contributed by atoms with Crippen LogP contribution in [0.25, 0.3) is 0 Å². The quantitative estimate of drug-likeness (QED) is 0.856. The van der Waals surface area contributed by atoms with Crippen LogP contribution in [0.4, 0.5) is 0 Å². The summed E-state index contributed by atoms with van der Waals surface area (Å²) in [5.41, 5.74) is 2.18. The minimum absolute atomic E-state index is 0.173. The van der Waals surface area contributed by atoms with Gasteiger partial charge in [-0.15, -0.1) is 0 Å². The third kappa shape index (κ3) is 4.35. The molecule has 0 radical (unpaired) electrons. The van der Waals surface area contributed by atoms with Gasteiger partial charge in [-0.3, -0.25) is 4.79 Å². The molecule has 106 valence electrons. The van der Waals surface area contributed by atoms with Crippen LogP contribution in [0.5, 0.6) is 0 Å². The number of carbonyl (C=O) groups is 1. The molecule has 3 nitrogen and oxygen atoms in total. The largest absolute Gasteiger partial charge is 0.384 e. The van der Waals surface area contributed by atoms with Crippen LogP contribution in [0.2, 0.25) is 5.02 Å². The first-order valence-corrected chi connectivity index (χ1v) is 6.80. The zero-order valence-corrected chi connectivity index (χ0v) is 12.0. The number of nitrogens with one attached hydrogen (secondary N) is 1. The number of aliphatic hydroxyl groups excluding tert-OH is 1. The van der Waals surface area contributed by atoms with Gasteiger partial charge in [-0.25, -0.2) is 0 Å². The first kappa shape index (κ1) is 15.1. The fraction of sp³-hybridized carbons (Fsp3) is 0.118. The van der Waals surface area contributed by atoms with Crippen molar-refractivity contribution in [1.29, 1.82) is 0 Å². The van der Waals surface area contributed by atoms with Gasteiger partial charge in [0.25, 0.3) is 5.91 Å². The Kier molecular flexibility index (Phi) is 5.39. The number of carbonyl (C=O) groups excluding carboxylic acids is 1. The third-order valence-electron chi connectivity index (χ3n) is 2.81. The molecule has 0 aliphatic carbocycles. The summed E-state index contributed by atoms with van der Waals surface area (Å²) in [6.45, 7) is 0.214. The van der Waals surface area contributed by atoms with Gasteiger partial charge >= 0.3 is 0 Å². The number of hydrogen-bond donors (Lipinski definition) is 2. The minimum Gasteiger partial charge on any atom is -0.384 e. The van der Waals surface area contributed by atoms with Crippen LogP contribution in [0.1, 0.15) is 21.5 Å². The molecule has 0 fully saturated rings. The summed E-state index contributed by atoms with van der Waals surface area (Å²) >= 11 is 5.98. The van der Waals surface area contributed by atoms with Crippen molar-refractivity contribution in [3.63, 3.8) is 0 Å². The zero-order valence-electron chi connectivity index (χ0n) is 11.3. The van der Waals surface area contributed by atoms with Crippen molar-refractivity contribution < 1.29 is 9.90 Å². The molecule has 2 rings (SSSR count). The second kappa shape index (κ2) is 7.49. The number of amides is 1. The SMILES string of the molecule is O=C(NCc1cccc(C#CCO)c1)c1ccccc1Cl. The zero-order chi connectivity index (χ0) is 15.1. The van der Waals surface area contributed by atoms with Gasteiger partial charge in [0, 0.05) is 12.1 Å². The van der Waals surface area contributed by atoms with Gasteiger partial charge in [-0.2, -0.15) is 0 Å². The van der Waals surface area contributed by atoms with Crippen LogP contribution < -0.4 is 5.32 Å². The Morgan fingerprint density at radius 1 is 1.19 bits per heavy atom. The van der Waals surface area contributed by atoms with Crippen molar-refractivity contribution in [2.45, 2.75) is 6.54 Å². The molecular formula is C17H14ClNO2. The monoisotopic (exact) mass is 299 g/mol. The van der Waals surface area contributed by atoms with Crippen molar-refractivity contribution in [2.24, 2.45) is 0 Å². The molecule has 0 aliphatic rings. The molecule has 0 unspecified atom stereocenters. The second-order valence-electron chi connectivity index (χ2n) is 4.32. The molecule has 0 heterocycles. The molecular weight excluding hydrogens is 286 g/mol. The summed E-state index contributed by atoms with van der Waals surface area (Å²) in [7, 11) is 0. The number of benzene rings is 2. The highest BCUT2D eigenvalue weighted by molar-refractivity contribution is 6.33. The average Bonchev–Trinajstić information content (AvgIpc) is 2.51. The van der Waals surface area contributed by atoms with Crippen LogP contribution in [0.3, 0.4) is 0 Å². The molecule has 0 aliphatic heterocycles. The molecule has 0 aromatic heterocycles. The van der Waals surface area contributed by atoms with E-state index in [9.17, 15) is 4.79 Å². The van der Waals surface area contributed by atoms with Crippen LogP contribution in [-0.4, -0.2) is 17.6 Å². The number of rotatable bonds is 3. The van der Waals surface area contributed by atoms with Gasteiger partial charge in [-0.1, -0.05) is 47.7 Å². The fourth-order valence-corrected chi connectivity index (χ4v) is 2.05. The lowest BCUT2D eigenvalue weighted by molar-refractivity contribution is 0.0951. The molecule has 4 heteroatoms. The Balaban J connectivity index is 2.03. The van der Waals surface area contributed by atoms with Crippen molar-refractivity contribution in [2.75, 3.05) is 6.61 Å². The maximum atomic E-state index is 12.0. The standard InChI is InChI=1S/C17H14ClNO2/c18-16-9-2-1-8-15(16)17(21)19-12-14-6-3-5-13(11-14)7-4-10-20/h1-3,5-6,8-9,11,20H,10,12H2,(H,19,21). The molecule has 1 amide bonds. The average molecular weight is 300 g/mol. The molecule has 0 spiro atoms. The normalized spacial score (nSPS) is 9.62. The van der Waals surface area contributed by atoms with Crippen LogP contribution in [0.15, 0.2) is 48.5 Å². The Morgan fingerprint density at radius 2 is 2.00 bits per heavy atom. The fourth-order valence-electron chi connectivity index (χ4n) is 1.82.